The molecule has 3 N–H and O–H groups in total. The second-order valence-electron chi connectivity index (χ2n) is 9.77. The van der Waals surface area contributed by atoms with E-state index in [1.54, 1.807) is 18.4 Å². The Labute approximate surface area is 195 Å². The van der Waals surface area contributed by atoms with Gasteiger partial charge in [-0.2, -0.15) is 0 Å². The van der Waals surface area contributed by atoms with Gasteiger partial charge < -0.3 is 20.6 Å². The fraction of sp³-hybridized carbons (Fsp3) is 0.520. The highest BCUT2D eigenvalue weighted by Gasteiger charge is 2.43. The van der Waals surface area contributed by atoms with Gasteiger partial charge in [0.1, 0.15) is 6.04 Å². The van der Waals surface area contributed by atoms with Crippen LogP contribution in [0.2, 0.25) is 0 Å². The van der Waals surface area contributed by atoms with Crippen LogP contribution in [0.4, 0.5) is 0 Å². The third-order valence-electron chi connectivity index (χ3n) is 6.16. The van der Waals surface area contributed by atoms with Crippen LogP contribution in [0.1, 0.15) is 51.3 Å². The fourth-order valence-electron chi connectivity index (χ4n) is 4.38. The van der Waals surface area contributed by atoms with Gasteiger partial charge in [0.25, 0.3) is 0 Å². The van der Waals surface area contributed by atoms with Crippen LogP contribution in [-0.4, -0.2) is 53.6 Å². The van der Waals surface area contributed by atoms with E-state index < -0.39 is 18.2 Å². The van der Waals surface area contributed by atoms with Crippen molar-refractivity contribution in [3.05, 3.63) is 46.8 Å². The Bertz CT molecular complexity index is 948. The molecule has 7 heteroatoms. The summed E-state index contributed by atoms with van der Waals surface area (Å²) in [4.78, 5) is 29.1. The number of nitrogens with one attached hydrogen (secondary N) is 2. The Morgan fingerprint density at radius 3 is 2.38 bits per heavy atom. The molecule has 1 aromatic carbocycles. The highest BCUT2D eigenvalue weighted by atomic mass is 32.1. The lowest BCUT2D eigenvalue weighted by atomic mass is 9.86. The molecular weight excluding hydrogens is 422 g/mol. The summed E-state index contributed by atoms with van der Waals surface area (Å²) < 4.78 is 0. The average molecular weight is 458 g/mol. The number of thiophene rings is 1. The first kappa shape index (κ1) is 24.4. The number of hydrogen-bond donors (Lipinski definition) is 3. The SMILES string of the molecule is CN[C@H](C(=O)N1C[C@H](O)C[C@H]1C(=O)N[C@@H](C)c1ccc(-c2sccc2C)cc1)C(C)(C)C. The second-order valence-corrected chi connectivity index (χ2v) is 10.7. The number of benzene rings is 1. The molecule has 0 saturated carbocycles. The van der Waals surface area contributed by atoms with Gasteiger partial charge in [0.05, 0.1) is 18.2 Å². The quantitative estimate of drug-likeness (QED) is 0.620. The van der Waals surface area contributed by atoms with Crippen molar-refractivity contribution in [2.75, 3.05) is 13.6 Å². The van der Waals surface area contributed by atoms with Crippen molar-refractivity contribution in [2.45, 2.75) is 65.3 Å². The molecule has 0 bridgehead atoms. The van der Waals surface area contributed by atoms with Gasteiger partial charge in [-0.25, -0.2) is 0 Å². The van der Waals surface area contributed by atoms with Crippen LogP contribution >= 0.6 is 11.3 Å². The highest BCUT2D eigenvalue weighted by Crippen LogP contribution is 2.30. The number of aliphatic hydroxyl groups is 1. The number of aliphatic hydroxyl groups excluding tert-OH is 1. The number of nitrogens with zero attached hydrogens (tertiary/aromatic N) is 1. The molecule has 2 heterocycles. The molecule has 1 fully saturated rings. The van der Waals surface area contributed by atoms with Crippen molar-refractivity contribution in [3.63, 3.8) is 0 Å². The summed E-state index contributed by atoms with van der Waals surface area (Å²) in [6.45, 7) is 10.2. The fourth-order valence-corrected chi connectivity index (χ4v) is 5.32. The number of likely N-dealkylation sites (N-methyl/N-ethyl adjacent to an activating group) is 1. The Balaban J connectivity index is 1.70. The zero-order chi connectivity index (χ0) is 23.6. The van der Waals surface area contributed by atoms with E-state index in [0.717, 1.165) is 11.1 Å². The van der Waals surface area contributed by atoms with Crippen molar-refractivity contribution in [3.8, 4) is 10.4 Å². The van der Waals surface area contributed by atoms with Crippen molar-refractivity contribution >= 4 is 23.2 Å². The molecule has 2 aromatic rings. The topological polar surface area (TPSA) is 81.7 Å². The van der Waals surface area contributed by atoms with Gasteiger partial charge in [-0.3, -0.25) is 9.59 Å². The van der Waals surface area contributed by atoms with Crippen molar-refractivity contribution < 1.29 is 14.7 Å². The Kier molecular flexibility index (Phi) is 7.43. The molecule has 0 spiro atoms. The molecule has 1 aliphatic heterocycles. The smallest absolute Gasteiger partial charge is 0.243 e. The molecule has 3 rings (SSSR count). The molecule has 0 aliphatic carbocycles. The molecule has 6 nitrogen and oxygen atoms in total. The van der Waals surface area contributed by atoms with Crippen molar-refractivity contribution in [1.29, 1.82) is 0 Å². The third kappa shape index (κ3) is 5.22. The lowest BCUT2D eigenvalue weighted by molar-refractivity contribution is -0.142. The normalized spacial score (nSPS) is 20.8. The molecule has 4 atom stereocenters. The summed E-state index contributed by atoms with van der Waals surface area (Å²) in [6, 6.07) is 9.00. The summed E-state index contributed by atoms with van der Waals surface area (Å²) in [6.07, 6.45) is -0.447. The van der Waals surface area contributed by atoms with Crippen LogP contribution in [-0.2, 0) is 9.59 Å². The maximum absolute atomic E-state index is 13.2. The first-order valence-corrected chi connectivity index (χ1v) is 12.0. The number of amides is 2. The summed E-state index contributed by atoms with van der Waals surface area (Å²) >= 11 is 1.72. The van der Waals surface area contributed by atoms with E-state index in [0.29, 0.717) is 0 Å². The lowest BCUT2D eigenvalue weighted by Crippen LogP contribution is -2.56. The Morgan fingerprint density at radius 1 is 1.19 bits per heavy atom. The standard InChI is InChI=1S/C25H35N3O3S/c1-15-11-12-32-21(15)18-9-7-17(8-10-18)16(2)27-23(30)20-13-19(29)14-28(20)24(31)22(26-6)25(3,4)5/h7-12,16,19-20,22,26,29H,13-14H2,1-6H3,(H,27,30)/t16-,19+,20-,22+/m0/s1. The second kappa shape index (κ2) is 9.73. The number of β-amino-alcohol motifs (C(OH)–C–C–N with tert-alkyl or cyclic N) is 1. The van der Waals surface area contributed by atoms with E-state index >= 15 is 0 Å². The van der Waals surface area contributed by atoms with E-state index in [9.17, 15) is 14.7 Å². The third-order valence-corrected chi connectivity index (χ3v) is 7.23. The van der Waals surface area contributed by atoms with E-state index in [1.165, 1.54) is 15.3 Å². The van der Waals surface area contributed by atoms with Crippen LogP contribution in [0, 0.1) is 12.3 Å². The molecule has 0 unspecified atom stereocenters. The van der Waals surface area contributed by atoms with Gasteiger partial charge in [-0.05, 0) is 54.4 Å². The first-order chi connectivity index (χ1) is 15.0. The molecule has 32 heavy (non-hydrogen) atoms. The zero-order valence-electron chi connectivity index (χ0n) is 19.8. The molecule has 174 valence electrons. The minimum absolute atomic E-state index is 0.153. The van der Waals surface area contributed by atoms with Crippen molar-refractivity contribution in [1.82, 2.24) is 15.5 Å². The maximum Gasteiger partial charge on any atom is 0.243 e. The van der Waals surface area contributed by atoms with Crippen LogP contribution in [0.5, 0.6) is 0 Å². The van der Waals surface area contributed by atoms with Gasteiger partial charge in [0.15, 0.2) is 0 Å². The predicted molar refractivity (Wildman–Crippen MR) is 129 cm³/mol. The summed E-state index contributed by atoms with van der Waals surface area (Å²) in [5.41, 5.74) is 3.10. The molecule has 0 radical (unpaired) electrons. The number of carbonyl (C=O) groups excluding carboxylic acids is 2. The lowest BCUT2D eigenvalue weighted by Gasteiger charge is -2.34. The van der Waals surface area contributed by atoms with E-state index in [2.05, 4.69) is 41.1 Å². The predicted octanol–water partition coefficient (Wildman–Crippen LogP) is 3.50. The zero-order valence-corrected chi connectivity index (χ0v) is 20.6. The molecule has 1 aliphatic rings. The summed E-state index contributed by atoms with van der Waals surface area (Å²) in [7, 11) is 1.75. The number of rotatable bonds is 6. The molecule has 2 amide bonds. The van der Waals surface area contributed by atoms with E-state index in [-0.39, 0.29) is 36.2 Å². The van der Waals surface area contributed by atoms with Crippen LogP contribution < -0.4 is 10.6 Å². The minimum Gasteiger partial charge on any atom is -0.391 e. The number of likely N-dealkylation sites (tertiary alicyclic amines) is 1. The van der Waals surface area contributed by atoms with Crippen LogP contribution in [0.25, 0.3) is 10.4 Å². The van der Waals surface area contributed by atoms with Gasteiger partial charge in [-0.15, -0.1) is 11.3 Å². The number of aryl methyl sites for hydroxylation is 1. The van der Waals surface area contributed by atoms with E-state index in [4.69, 9.17) is 0 Å². The maximum atomic E-state index is 13.2. The highest BCUT2D eigenvalue weighted by molar-refractivity contribution is 7.13. The van der Waals surface area contributed by atoms with Gasteiger partial charge >= 0.3 is 0 Å². The van der Waals surface area contributed by atoms with Gasteiger partial charge in [0.2, 0.25) is 11.8 Å². The molecular formula is C25H35N3O3S. The van der Waals surface area contributed by atoms with Crippen molar-refractivity contribution in [2.24, 2.45) is 5.41 Å². The number of hydrogen-bond acceptors (Lipinski definition) is 5. The molecule has 1 aromatic heterocycles. The summed E-state index contributed by atoms with van der Waals surface area (Å²) in [5.74, 6) is -0.385. The van der Waals surface area contributed by atoms with Crippen LogP contribution in [0.15, 0.2) is 35.7 Å². The summed E-state index contributed by atoms with van der Waals surface area (Å²) in [5, 5.41) is 18.4. The van der Waals surface area contributed by atoms with Gasteiger partial charge in [0, 0.05) is 17.8 Å². The average Bonchev–Trinajstić information content (AvgIpc) is 3.33. The largest absolute Gasteiger partial charge is 0.391 e. The monoisotopic (exact) mass is 457 g/mol. The molecule has 1 saturated heterocycles. The minimum atomic E-state index is -0.698. The number of carbonyl (C=O) groups is 2. The van der Waals surface area contributed by atoms with Gasteiger partial charge in [-0.1, -0.05) is 45.0 Å². The van der Waals surface area contributed by atoms with E-state index in [1.807, 2.05) is 39.8 Å². The Morgan fingerprint density at radius 2 is 1.84 bits per heavy atom. The Hall–Kier alpha value is -2.22. The van der Waals surface area contributed by atoms with Crippen LogP contribution in [0.3, 0.4) is 0 Å². The first-order valence-electron chi connectivity index (χ1n) is 11.1.